The highest BCUT2D eigenvalue weighted by Gasteiger charge is 2.33. The van der Waals surface area contributed by atoms with E-state index in [0.717, 1.165) is 27.3 Å². The molecule has 0 aliphatic rings. The molecule has 7 heteroatoms. The second-order valence-corrected chi connectivity index (χ2v) is 9.97. The molecular weight excluding hydrogens is 444 g/mol. The largest absolute Gasteiger partial charge is 0.343 e. The van der Waals surface area contributed by atoms with Crippen LogP contribution in [-0.4, -0.2) is 26.6 Å². The zero-order valence-corrected chi connectivity index (χ0v) is 19.9. The maximum atomic E-state index is 13.5. The molecule has 0 saturated heterocycles. The lowest BCUT2D eigenvalue weighted by atomic mass is 9.94. The number of nitrogens with one attached hydrogen (secondary N) is 1. The summed E-state index contributed by atoms with van der Waals surface area (Å²) in [7, 11) is -3.75. The van der Waals surface area contributed by atoms with Gasteiger partial charge in [0.25, 0.3) is 0 Å². The molecule has 0 aliphatic carbocycles. The van der Waals surface area contributed by atoms with Gasteiger partial charge in [0, 0.05) is 5.02 Å². The molecule has 0 bridgehead atoms. The van der Waals surface area contributed by atoms with Crippen molar-refractivity contribution in [3.8, 4) is 0 Å². The first-order valence-electron chi connectivity index (χ1n) is 10.4. The van der Waals surface area contributed by atoms with Crippen LogP contribution in [-0.2, 0) is 14.8 Å². The van der Waals surface area contributed by atoms with Gasteiger partial charge in [-0.05, 0) is 48.2 Å². The average Bonchev–Trinajstić information content (AvgIpc) is 2.76. The number of hydrogen-bond acceptors (Lipinski definition) is 3. The van der Waals surface area contributed by atoms with E-state index in [4.69, 9.17) is 11.6 Å². The van der Waals surface area contributed by atoms with Gasteiger partial charge in [0.1, 0.15) is 6.04 Å². The summed E-state index contributed by atoms with van der Waals surface area (Å²) in [4.78, 5) is 13.5. The number of carbonyl (C=O) groups is 1. The molecule has 0 fully saturated rings. The summed E-state index contributed by atoms with van der Waals surface area (Å²) in [5.74, 6) is -0.380. The van der Waals surface area contributed by atoms with Crippen molar-refractivity contribution < 1.29 is 13.2 Å². The second kappa shape index (κ2) is 10.2. The molecule has 1 amide bonds. The summed E-state index contributed by atoms with van der Waals surface area (Å²) in [5, 5.41) is 3.50. The van der Waals surface area contributed by atoms with E-state index in [9.17, 15) is 13.2 Å². The van der Waals surface area contributed by atoms with Crippen molar-refractivity contribution in [2.75, 3.05) is 10.6 Å². The van der Waals surface area contributed by atoms with Crippen LogP contribution in [0.15, 0.2) is 78.9 Å². The molecule has 0 unspecified atom stereocenters. The van der Waals surface area contributed by atoms with Gasteiger partial charge in [-0.15, -0.1) is 0 Å². The third-order valence-corrected chi connectivity index (χ3v) is 6.73. The molecular formula is C25H27ClN2O3S. The van der Waals surface area contributed by atoms with Crippen molar-refractivity contribution in [2.24, 2.45) is 0 Å². The molecule has 2 atom stereocenters. The Hall–Kier alpha value is -2.83. The fraction of sp³-hybridized carbons (Fsp3) is 0.240. The van der Waals surface area contributed by atoms with E-state index in [1.54, 1.807) is 31.2 Å². The fourth-order valence-electron chi connectivity index (χ4n) is 3.81. The summed E-state index contributed by atoms with van der Waals surface area (Å²) >= 11 is 6.11. The Kier molecular flexibility index (Phi) is 7.59. The molecule has 0 aromatic heterocycles. The first kappa shape index (κ1) is 23.8. The molecule has 168 valence electrons. The Morgan fingerprint density at radius 3 is 2.25 bits per heavy atom. The van der Waals surface area contributed by atoms with Gasteiger partial charge < -0.3 is 5.32 Å². The molecule has 32 heavy (non-hydrogen) atoms. The van der Waals surface area contributed by atoms with E-state index in [1.165, 1.54) is 0 Å². The smallest absolute Gasteiger partial charge is 0.244 e. The SMILES string of the molecule is CC[C@H](C(=O)N[C@H](c1ccccc1)c1ccccc1C)N(c1cccc(Cl)c1)S(C)(=O)=O. The van der Waals surface area contributed by atoms with E-state index in [1.807, 2.05) is 61.5 Å². The van der Waals surface area contributed by atoms with Gasteiger partial charge in [0.2, 0.25) is 15.9 Å². The van der Waals surface area contributed by atoms with E-state index >= 15 is 0 Å². The zero-order valence-electron chi connectivity index (χ0n) is 18.3. The highest BCUT2D eigenvalue weighted by molar-refractivity contribution is 7.92. The maximum absolute atomic E-state index is 13.5. The molecule has 0 aliphatic heterocycles. The van der Waals surface area contributed by atoms with Crippen LogP contribution < -0.4 is 9.62 Å². The highest BCUT2D eigenvalue weighted by Crippen LogP contribution is 2.28. The quantitative estimate of drug-likeness (QED) is 0.498. The number of benzene rings is 3. The van der Waals surface area contributed by atoms with E-state index in [0.29, 0.717) is 17.1 Å². The van der Waals surface area contributed by atoms with E-state index in [-0.39, 0.29) is 5.91 Å². The second-order valence-electron chi connectivity index (χ2n) is 7.67. The Bertz CT molecular complexity index is 1180. The minimum Gasteiger partial charge on any atom is -0.343 e. The third kappa shape index (κ3) is 5.50. The lowest BCUT2D eigenvalue weighted by Crippen LogP contribution is -2.50. The van der Waals surface area contributed by atoms with Crippen LogP contribution in [0.25, 0.3) is 0 Å². The standard InChI is InChI=1S/C25H27ClN2O3S/c1-4-23(28(32(3,30)31)21-15-10-14-20(26)17-21)25(29)27-24(19-12-6-5-7-13-19)22-16-9-8-11-18(22)2/h5-17,23-24H,4H2,1-3H3,(H,27,29)/t23-,24-/m1/s1. The van der Waals surface area contributed by atoms with Crippen molar-refractivity contribution in [3.05, 3.63) is 101 Å². The summed E-state index contributed by atoms with van der Waals surface area (Å²) in [6, 6.07) is 22.6. The Morgan fingerprint density at radius 1 is 1.00 bits per heavy atom. The third-order valence-electron chi connectivity index (χ3n) is 5.31. The molecule has 0 spiro atoms. The van der Waals surface area contributed by atoms with Crippen molar-refractivity contribution in [1.82, 2.24) is 5.32 Å². The van der Waals surface area contributed by atoms with Crippen molar-refractivity contribution in [2.45, 2.75) is 32.4 Å². The van der Waals surface area contributed by atoms with Crippen LogP contribution in [0.2, 0.25) is 5.02 Å². The van der Waals surface area contributed by atoms with E-state index in [2.05, 4.69) is 5.32 Å². The summed E-state index contributed by atoms with van der Waals surface area (Å²) in [6.07, 6.45) is 1.39. The van der Waals surface area contributed by atoms with E-state index < -0.39 is 22.1 Å². The van der Waals surface area contributed by atoms with Crippen LogP contribution >= 0.6 is 11.6 Å². The number of amides is 1. The maximum Gasteiger partial charge on any atom is 0.244 e. The number of hydrogen-bond donors (Lipinski definition) is 1. The Morgan fingerprint density at radius 2 is 1.66 bits per heavy atom. The first-order chi connectivity index (χ1) is 15.2. The average molecular weight is 471 g/mol. The van der Waals surface area contributed by atoms with Gasteiger partial charge in [-0.1, -0.05) is 79.2 Å². The van der Waals surface area contributed by atoms with Gasteiger partial charge in [-0.2, -0.15) is 0 Å². The molecule has 1 N–H and O–H groups in total. The lowest BCUT2D eigenvalue weighted by molar-refractivity contribution is -0.122. The van der Waals surface area contributed by atoms with Crippen molar-refractivity contribution in [3.63, 3.8) is 0 Å². The van der Waals surface area contributed by atoms with Crippen LogP contribution in [0.3, 0.4) is 0 Å². The van der Waals surface area contributed by atoms with Gasteiger partial charge in [-0.3, -0.25) is 9.10 Å². The number of aryl methyl sites for hydroxylation is 1. The number of anilines is 1. The number of halogens is 1. The molecule has 5 nitrogen and oxygen atoms in total. The highest BCUT2D eigenvalue weighted by atomic mass is 35.5. The van der Waals surface area contributed by atoms with Crippen LogP contribution in [0.5, 0.6) is 0 Å². The monoisotopic (exact) mass is 470 g/mol. The molecule has 3 aromatic carbocycles. The van der Waals surface area contributed by atoms with Gasteiger partial charge in [0.05, 0.1) is 18.0 Å². The molecule has 0 heterocycles. The normalized spacial score (nSPS) is 13.2. The predicted octanol–water partition coefficient (Wildman–Crippen LogP) is 5.10. The topological polar surface area (TPSA) is 66.5 Å². The van der Waals surface area contributed by atoms with Gasteiger partial charge in [0.15, 0.2) is 0 Å². The van der Waals surface area contributed by atoms with Gasteiger partial charge in [-0.25, -0.2) is 8.42 Å². The first-order valence-corrected chi connectivity index (χ1v) is 12.6. The summed E-state index contributed by atoms with van der Waals surface area (Å²) < 4.78 is 26.6. The minimum atomic E-state index is -3.75. The van der Waals surface area contributed by atoms with Crippen LogP contribution in [0.4, 0.5) is 5.69 Å². The van der Waals surface area contributed by atoms with Crippen LogP contribution in [0, 0.1) is 6.92 Å². The Balaban J connectivity index is 2.02. The number of nitrogens with zero attached hydrogens (tertiary/aromatic N) is 1. The molecule has 3 aromatic rings. The Labute approximate surface area is 195 Å². The van der Waals surface area contributed by atoms with Crippen molar-refractivity contribution >= 4 is 33.2 Å². The number of carbonyl (C=O) groups excluding carboxylic acids is 1. The number of sulfonamides is 1. The minimum absolute atomic E-state index is 0.292. The fourth-order valence-corrected chi connectivity index (χ4v) is 5.20. The van der Waals surface area contributed by atoms with Crippen LogP contribution in [0.1, 0.15) is 36.1 Å². The molecule has 0 radical (unpaired) electrons. The lowest BCUT2D eigenvalue weighted by Gasteiger charge is -2.32. The predicted molar refractivity (Wildman–Crippen MR) is 130 cm³/mol. The summed E-state index contributed by atoms with van der Waals surface area (Å²) in [6.45, 7) is 3.78. The summed E-state index contributed by atoms with van der Waals surface area (Å²) in [5.41, 5.74) is 3.26. The molecule has 3 rings (SSSR count). The molecule has 0 saturated carbocycles. The van der Waals surface area contributed by atoms with Gasteiger partial charge >= 0.3 is 0 Å². The zero-order chi connectivity index (χ0) is 23.3. The van der Waals surface area contributed by atoms with Crippen molar-refractivity contribution in [1.29, 1.82) is 0 Å². The number of rotatable bonds is 8.